The van der Waals surface area contributed by atoms with Crippen LogP contribution in [0.2, 0.25) is 0 Å². The zero-order chi connectivity index (χ0) is 13.0. The van der Waals surface area contributed by atoms with E-state index in [1.165, 1.54) is 7.11 Å². The Hall–Kier alpha value is -1.10. The van der Waals surface area contributed by atoms with E-state index in [0.717, 1.165) is 25.7 Å². The standard InChI is InChI=1S/C13H20O5/c1-16-11(14)7-2-3-8-12(15)18-13-9-5-4-6-10(13)17-13/h10H,2-9H2,1H3. The number of carbonyl (C=O) groups is 2. The van der Waals surface area contributed by atoms with E-state index in [-0.39, 0.29) is 18.0 Å². The van der Waals surface area contributed by atoms with Gasteiger partial charge in [0.05, 0.1) is 7.11 Å². The fourth-order valence-corrected chi connectivity index (χ4v) is 2.43. The summed E-state index contributed by atoms with van der Waals surface area (Å²) in [6, 6.07) is 0. The van der Waals surface area contributed by atoms with Crippen LogP contribution in [0.1, 0.15) is 51.4 Å². The molecule has 0 amide bonds. The molecule has 0 bridgehead atoms. The molecule has 2 fully saturated rings. The molecule has 5 heteroatoms. The lowest BCUT2D eigenvalue weighted by Crippen LogP contribution is -2.26. The first-order chi connectivity index (χ1) is 8.66. The molecular weight excluding hydrogens is 236 g/mol. The molecule has 1 heterocycles. The second-order valence-corrected chi connectivity index (χ2v) is 4.92. The van der Waals surface area contributed by atoms with Crippen LogP contribution in [0.25, 0.3) is 0 Å². The summed E-state index contributed by atoms with van der Waals surface area (Å²) < 4.78 is 15.4. The van der Waals surface area contributed by atoms with Crippen molar-refractivity contribution < 1.29 is 23.8 Å². The molecular formula is C13H20O5. The third-order valence-corrected chi connectivity index (χ3v) is 3.54. The minimum Gasteiger partial charge on any atom is -0.469 e. The highest BCUT2D eigenvalue weighted by molar-refractivity contribution is 5.71. The minimum atomic E-state index is -0.586. The third kappa shape index (κ3) is 3.22. The average molecular weight is 256 g/mol. The van der Waals surface area contributed by atoms with Gasteiger partial charge in [-0.25, -0.2) is 0 Å². The molecule has 0 spiro atoms. The van der Waals surface area contributed by atoms with E-state index >= 15 is 0 Å². The number of methoxy groups -OCH3 is 1. The zero-order valence-corrected chi connectivity index (χ0v) is 10.8. The van der Waals surface area contributed by atoms with Gasteiger partial charge in [-0.3, -0.25) is 9.59 Å². The van der Waals surface area contributed by atoms with Gasteiger partial charge in [0.1, 0.15) is 6.10 Å². The van der Waals surface area contributed by atoms with Gasteiger partial charge >= 0.3 is 11.9 Å². The fourth-order valence-electron chi connectivity index (χ4n) is 2.43. The maximum Gasteiger partial charge on any atom is 0.308 e. The predicted octanol–water partition coefficient (Wildman–Crippen LogP) is 1.93. The van der Waals surface area contributed by atoms with Crippen molar-refractivity contribution in [1.29, 1.82) is 0 Å². The highest BCUT2D eigenvalue weighted by atomic mass is 16.8. The molecule has 0 N–H and O–H groups in total. The maximum absolute atomic E-state index is 11.6. The summed E-state index contributed by atoms with van der Waals surface area (Å²) in [4.78, 5) is 22.5. The van der Waals surface area contributed by atoms with Gasteiger partial charge in [0.25, 0.3) is 0 Å². The molecule has 2 aliphatic rings. The Bertz CT molecular complexity index is 327. The zero-order valence-electron chi connectivity index (χ0n) is 10.8. The molecule has 0 aromatic rings. The topological polar surface area (TPSA) is 65.1 Å². The lowest BCUT2D eigenvalue weighted by atomic mass is 9.98. The highest BCUT2D eigenvalue weighted by Gasteiger charge is 2.60. The normalized spacial score (nSPS) is 29.3. The van der Waals surface area contributed by atoms with Crippen molar-refractivity contribution >= 4 is 11.9 Å². The molecule has 2 unspecified atom stereocenters. The Morgan fingerprint density at radius 2 is 1.94 bits per heavy atom. The van der Waals surface area contributed by atoms with E-state index < -0.39 is 5.79 Å². The molecule has 2 rings (SSSR count). The largest absolute Gasteiger partial charge is 0.469 e. The van der Waals surface area contributed by atoms with Gasteiger partial charge in [0, 0.05) is 19.3 Å². The van der Waals surface area contributed by atoms with Gasteiger partial charge in [-0.2, -0.15) is 0 Å². The average Bonchev–Trinajstić information content (AvgIpc) is 3.08. The first-order valence-electron chi connectivity index (χ1n) is 6.63. The summed E-state index contributed by atoms with van der Waals surface area (Å²) in [6.45, 7) is 0. The van der Waals surface area contributed by atoms with E-state index in [0.29, 0.717) is 25.7 Å². The van der Waals surface area contributed by atoms with Crippen molar-refractivity contribution in [2.75, 3.05) is 7.11 Å². The predicted molar refractivity (Wildman–Crippen MR) is 62.6 cm³/mol. The second kappa shape index (κ2) is 5.69. The van der Waals surface area contributed by atoms with E-state index in [4.69, 9.17) is 9.47 Å². The number of hydrogen-bond donors (Lipinski definition) is 0. The Morgan fingerprint density at radius 1 is 1.22 bits per heavy atom. The molecule has 102 valence electrons. The van der Waals surface area contributed by atoms with Crippen LogP contribution in [0.3, 0.4) is 0 Å². The van der Waals surface area contributed by atoms with Crippen LogP contribution in [-0.4, -0.2) is 30.9 Å². The van der Waals surface area contributed by atoms with Gasteiger partial charge in [0.15, 0.2) is 0 Å². The monoisotopic (exact) mass is 256 g/mol. The third-order valence-electron chi connectivity index (χ3n) is 3.54. The number of hydrogen-bond acceptors (Lipinski definition) is 5. The van der Waals surface area contributed by atoms with Crippen LogP contribution in [0.5, 0.6) is 0 Å². The van der Waals surface area contributed by atoms with Gasteiger partial charge in [-0.15, -0.1) is 0 Å². The molecule has 0 aromatic heterocycles. The van der Waals surface area contributed by atoms with Gasteiger partial charge < -0.3 is 14.2 Å². The molecule has 1 saturated carbocycles. The van der Waals surface area contributed by atoms with Crippen LogP contribution >= 0.6 is 0 Å². The van der Waals surface area contributed by atoms with Crippen molar-refractivity contribution in [3.05, 3.63) is 0 Å². The summed E-state index contributed by atoms with van der Waals surface area (Å²) in [7, 11) is 1.36. The van der Waals surface area contributed by atoms with E-state index in [2.05, 4.69) is 4.74 Å². The first kappa shape index (κ1) is 13.3. The minimum absolute atomic E-state index is 0.130. The number of ether oxygens (including phenoxy) is 3. The van der Waals surface area contributed by atoms with E-state index in [1.54, 1.807) is 0 Å². The number of carbonyl (C=O) groups excluding carboxylic acids is 2. The molecule has 2 atom stereocenters. The summed E-state index contributed by atoms with van der Waals surface area (Å²) in [6.07, 6.45) is 6.16. The number of unbranched alkanes of at least 4 members (excludes halogenated alkanes) is 1. The molecule has 1 aliphatic heterocycles. The van der Waals surface area contributed by atoms with Crippen LogP contribution < -0.4 is 0 Å². The Morgan fingerprint density at radius 3 is 2.61 bits per heavy atom. The van der Waals surface area contributed by atoms with Gasteiger partial charge in [0.2, 0.25) is 5.79 Å². The van der Waals surface area contributed by atoms with Crippen molar-refractivity contribution in [2.45, 2.75) is 63.3 Å². The summed E-state index contributed by atoms with van der Waals surface area (Å²) >= 11 is 0. The highest BCUT2D eigenvalue weighted by Crippen LogP contribution is 2.48. The second-order valence-electron chi connectivity index (χ2n) is 4.92. The quantitative estimate of drug-likeness (QED) is 0.413. The smallest absolute Gasteiger partial charge is 0.308 e. The van der Waals surface area contributed by atoms with E-state index in [9.17, 15) is 9.59 Å². The maximum atomic E-state index is 11.6. The Balaban J connectivity index is 1.60. The van der Waals surface area contributed by atoms with Crippen molar-refractivity contribution in [3.8, 4) is 0 Å². The SMILES string of the molecule is COC(=O)CCCCC(=O)OC12CCCCC1O2. The van der Waals surface area contributed by atoms with E-state index in [1.807, 2.05) is 0 Å². The number of esters is 2. The van der Waals surface area contributed by atoms with Crippen LogP contribution in [0, 0.1) is 0 Å². The Labute approximate surface area is 107 Å². The molecule has 18 heavy (non-hydrogen) atoms. The molecule has 0 aromatic carbocycles. The fraction of sp³-hybridized carbons (Fsp3) is 0.846. The van der Waals surface area contributed by atoms with Gasteiger partial charge in [-0.1, -0.05) is 6.42 Å². The molecule has 1 aliphatic carbocycles. The number of epoxide rings is 1. The van der Waals surface area contributed by atoms with Crippen molar-refractivity contribution in [1.82, 2.24) is 0 Å². The van der Waals surface area contributed by atoms with Crippen molar-refractivity contribution in [2.24, 2.45) is 0 Å². The van der Waals surface area contributed by atoms with Gasteiger partial charge in [-0.05, 0) is 25.7 Å². The first-order valence-corrected chi connectivity index (χ1v) is 6.63. The van der Waals surface area contributed by atoms with Crippen LogP contribution in [0.4, 0.5) is 0 Å². The lowest BCUT2D eigenvalue weighted by molar-refractivity contribution is -0.160. The Kier molecular flexibility index (Phi) is 4.22. The van der Waals surface area contributed by atoms with Crippen LogP contribution in [-0.2, 0) is 23.8 Å². The summed E-state index contributed by atoms with van der Waals surface area (Å²) in [5.41, 5.74) is 0. The summed E-state index contributed by atoms with van der Waals surface area (Å²) in [5.74, 6) is -1.04. The number of rotatable bonds is 6. The molecule has 1 saturated heterocycles. The lowest BCUT2D eigenvalue weighted by Gasteiger charge is -2.17. The molecule has 0 radical (unpaired) electrons. The number of fused-ring (bicyclic) bond motifs is 1. The van der Waals surface area contributed by atoms with Crippen LogP contribution in [0.15, 0.2) is 0 Å². The molecule has 5 nitrogen and oxygen atoms in total. The summed E-state index contributed by atoms with van der Waals surface area (Å²) in [5, 5.41) is 0. The van der Waals surface area contributed by atoms with Crippen molar-refractivity contribution in [3.63, 3.8) is 0 Å².